The molecule has 42 heavy (non-hydrogen) atoms. The van der Waals surface area contributed by atoms with Crippen molar-refractivity contribution < 1.29 is 31.0 Å². The van der Waals surface area contributed by atoms with Crippen LogP contribution < -0.4 is 9.80 Å². The van der Waals surface area contributed by atoms with Crippen LogP contribution in [0, 0.1) is 0 Å². The van der Waals surface area contributed by atoms with Crippen LogP contribution >= 0.6 is 0 Å². The first-order valence-electron chi connectivity index (χ1n) is 13.7. The van der Waals surface area contributed by atoms with Crippen LogP contribution in [0.5, 0.6) is 0 Å². The molecular formula is C31H38N2O7S2. The summed E-state index contributed by atoms with van der Waals surface area (Å²) in [5, 5.41) is 11.1. The lowest BCUT2D eigenvalue weighted by Crippen LogP contribution is -2.21. The van der Waals surface area contributed by atoms with Gasteiger partial charge in [0.1, 0.15) is 11.0 Å². The molecule has 0 aliphatic rings. The summed E-state index contributed by atoms with van der Waals surface area (Å²) in [6.07, 6.45) is -0.582. The Kier molecular flexibility index (Phi) is 11.1. The van der Waals surface area contributed by atoms with Crippen LogP contribution in [-0.4, -0.2) is 57.2 Å². The number of nitrogens with zero attached hydrogens (tertiary/aromatic N) is 2. The van der Waals surface area contributed by atoms with E-state index >= 15 is 0 Å². The zero-order valence-electron chi connectivity index (χ0n) is 24.2. The number of hydrogen-bond acceptors (Lipinski definition) is 7. The van der Waals surface area contributed by atoms with E-state index in [1.165, 1.54) is 23.5 Å². The molecule has 4 aromatic rings. The Hall–Kier alpha value is -3.48. The summed E-state index contributed by atoms with van der Waals surface area (Å²) < 4.78 is 62.2. The van der Waals surface area contributed by atoms with Gasteiger partial charge >= 0.3 is 0 Å². The molecule has 4 aromatic carbocycles. The minimum atomic E-state index is -4.47. The summed E-state index contributed by atoms with van der Waals surface area (Å²) in [5.41, 5.74) is 4.27. The first-order valence-corrected chi connectivity index (χ1v) is 16.6. The molecule has 11 heteroatoms. The second-order valence-corrected chi connectivity index (χ2v) is 12.3. The Morgan fingerprint density at radius 2 is 1.07 bits per heavy atom. The van der Waals surface area contributed by atoms with Crippen LogP contribution in [0.1, 0.15) is 44.9 Å². The van der Waals surface area contributed by atoms with Gasteiger partial charge in [0, 0.05) is 42.9 Å². The second kappa shape index (κ2) is 14.1. The van der Waals surface area contributed by atoms with Crippen LogP contribution in [0.3, 0.4) is 0 Å². The van der Waals surface area contributed by atoms with Crippen molar-refractivity contribution in [2.45, 2.75) is 43.6 Å². The molecule has 0 aromatic heterocycles. The zero-order valence-corrected chi connectivity index (χ0v) is 25.8. The van der Waals surface area contributed by atoms with Gasteiger partial charge in [0.05, 0.1) is 4.90 Å². The average molecular weight is 615 g/mol. The predicted octanol–water partition coefficient (Wildman–Crippen LogP) is 5.79. The number of aliphatic hydroxyl groups is 1. The molecule has 0 saturated heterocycles. The lowest BCUT2D eigenvalue weighted by atomic mass is 10.0. The fourth-order valence-electron chi connectivity index (χ4n) is 4.71. The summed E-state index contributed by atoms with van der Waals surface area (Å²) in [6, 6.07) is 24.1. The Morgan fingerprint density at radius 1 is 0.619 bits per heavy atom. The largest absolute Gasteiger partial charge is 0.384 e. The molecule has 0 saturated carbocycles. The van der Waals surface area contributed by atoms with Gasteiger partial charge in [-0.05, 0) is 86.7 Å². The normalized spacial score (nSPS) is 11.7. The van der Waals surface area contributed by atoms with Gasteiger partial charge in [0.2, 0.25) is 0 Å². The van der Waals surface area contributed by atoms with E-state index in [9.17, 15) is 21.9 Å². The Balaban J connectivity index is 0.000000240. The molecule has 0 amide bonds. The molecule has 0 aliphatic heterocycles. The van der Waals surface area contributed by atoms with E-state index in [0.29, 0.717) is 5.39 Å². The van der Waals surface area contributed by atoms with Crippen molar-refractivity contribution in [2.24, 2.45) is 0 Å². The van der Waals surface area contributed by atoms with Gasteiger partial charge in [-0.15, -0.1) is 0 Å². The average Bonchev–Trinajstić information content (AvgIpc) is 2.97. The van der Waals surface area contributed by atoms with Crippen LogP contribution in [0.25, 0.3) is 10.8 Å². The Bertz CT molecular complexity index is 1630. The smallest absolute Gasteiger partial charge is 0.295 e. The van der Waals surface area contributed by atoms with Crippen molar-refractivity contribution in [3.63, 3.8) is 0 Å². The van der Waals surface area contributed by atoms with Gasteiger partial charge in [-0.2, -0.15) is 16.8 Å². The third-order valence-electron chi connectivity index (χ3n) is 7.06. The maximum Gasteiger partial charge on any atom is 0.295 e. The molecule has 0 heterocycles. The van der Waals surface area contributed by atoms with Gasteiger partial charge in [0.25, 0.3) is 20.2 Å². The first kappa shape index (κ1) is 33.0. The molecule has 0 unspecified atom stereocenters. The third-order valence-corrected chi connectivity index (χ3v) is 8.83. The summed E-state index contributed by atoms with van der Waals surface area (Å²) >= 11 is 0. The fourth-order valence-corrected chi connectivity index (χ4v) is 5.93. The number of anilines is 2. The lowest BCUT2D eigenvalue weighted by molar-refractivity contribution is 0.220. The van der Waals surface area contributed by atoms with Gasteiger partial charge in [-0.25, -0.2) is 0 Å². The molecule has 0 radical (unpaired) electrons. The van der Waals surface area contributed by atoms with E-state index in [4.69, 9.17) is 9.11 Å². The number of rotatable bonds is 10. The molecule has 0 bridgehead atoms. The number of fused-ring (bicyclic) bond motifs is 1. The molecule has 3 N–H and O–H groups in total. The minimum absolute atomic E-state index is 0.0233. The minimum Gasteiger partial charge on any atom is -0.384 e. The van der Waals surface area contributed by atoms with E-state index in [2.05, 4.69) is 61.8 Å². The van der Waals surface area contributed by atoms with Crippen LogP contribution in [0.4, 0.5) is 11.4 Å². The van der Waals surface area contributed by atoms with Crippen molar-refractivity contribution in [3.05, 3.63) is 96.1 Å². The number of benzene rings is 4. The first-order chi connectivity index (χ1) is 19.8. The van der Waals surface area contributed by atoms with Crippen molar-refractivity contribution >= 4 is 42.4 Å². The molecule has 0 atom stereocenters. The summed E-state index contributed by atoms with van der Waals surface area (Å²) in [6.45, 7) is 12.6. The lowest BCUT2D eigenvalue weighted by Gasteiger charge is -2.22. The predicted molar refractivity (Wildman–Crippen MR) is 168 cm³/mol. The SMILES string of the molecule is CCN(CC)c1ccc(C(O)c2ccc(N(CC)CC)cc2)cc1.O=S(=O)(O)c1ccc2cccc(S(=O)(=O)O)c2c1. The summed E-state index contributed by atoms with van der Waals surface area (Å²) in [4.78, 5) is 3.75. The second-order valence-electron chi connectivity index (χ2n) is 9.52. The van der Waals surface area contributed by atoms with E-state index in [1.807, 2.05) is 24.3 Å². The van der Waals surface area contributed by atoms with Crippen molar-refractivity contribution in [2.75, 3.05) is 36.0 Å². The molecule has 0 aliphatic carbocycles. The molecule has 4 rings (SSSR count). The highest BCUT2D eigenvalue weighted by atomic mass is 32.2. The number of aliphatic hydroxyl groups excluding tert-OH is 1. The van der Waals surface area contributed by atoms with E-state index in [1.54, 1.807) is 6.07 Å². The fraction of sp³-hybridized carbons (Fsp3) is 0.290. The number of hydrogen-bond donors (Lipinski definition) is 3. The van der Waals surface area contributed by atoms with E-state index < -0.39 is 36.1 Å². The Morgan fingerprint density at radius 3 is 1.45 bits per heavy atom. The summed E-state index contributed by atoms with van der Waals surface area (Å²) in [7, 11) is -8.90. The quantitative estimate of drug-likeness (QED) is 0.190. The molecule has 9 nitrogen and oxygen atoms in total. The van der Waals surface area contributed by atoms with Crippen molar-refractivity contribution in [1.29, 1.82) is 0 Å². The maximum absolute atomic E-state index is 11.2. The van der Waals surface area contributed by atoms with Gasteiger partial charge in [0.15, 0.2) is 0 Å². The molecular weight excluding hydrogens is 576 g/mol. The molecule has 226 valence electrons. The topological polar surface area (TPSA) is 135 Å². The van der Waals surface area contributed by atoms with Gasteiger partial charge < -0.3 is 14.9 Å². The highest BCUT2D eigenvalue weighted by Gasteiger charge is 2.17. The van der Waals surface area contributed by atoms with E-state index in [0.717, 1.165) is 55.5 Å². The standard InChI is InChI=1S/C21H30N2O.C10H8O6S2/c1-5-22(6-2)19-13-9-17(10-14-19)21(24)18-11-15-20(16-12-18)23(7-3)8-4;11-17(12,13)8-5-4-7-2-1-3-10(9(7)6-8)18(14,15)16/h9-16,21,24H,5-8H2,1-4H3;1-6H,(H,11,12,13)(H,14,15,16). The van der Waals surface area contributed by atoms with E-state index in [-0.39, 0.29) is 5.39 Å². The van der Waals surface area contributed by atoms with Crippen LogP contribution in [0.15, 0.2) is 94.7 Å². The molecule has 0 spiro atoms. The highest BCUT2D eigenvalue weighted by Crippen LogP contribution is 2.27. The van der Waals surface area contributed by atoms with Crippen LogP contribution in [-0.2, 0) is 20.2 Å². The van der Waals surface area contributed by atoms with Crippen molar-refractivity contribution in [1.82, 2.24) is 0 Å². The van der Waals surface area contributed by atoms with Gasteiger partial charge in [-0.3, -0.25) is 9.11 Å². The van der Waals surface area contributed by atoms with Gasteiger partial charge in [-0.1, -0.05) is 42.5 Å². The molecule has 0 fully saturated rings. The van der Waals surface area contributed by atoms with Crippen molar-refractivity contribution in [3.8, 4) is 0 Å². The van der Waals surface area contributed by atoms with Crippen LogP contribution in [0.2, 0.25) is 0 Å². The monoisotopic (exact) mass is 614 g/mol. The maximum atomic E-state index is 11.2. The highest BCUT2D eigenvalue weighted by molar-refractivity contribution is 7.86. The Labute approximate surface area is 248 Å². The summed E-state index contributed by atoms with van der Waals surface area (Å²) in [5.74, 6) is 0. The third kappa shape index (κ3) is 8.08. The zero-order chi connectivity index (χ0) is 31.1.